The van der Waals surface area contributed by atoms with Gasteiger partial charge in [0.15, 0.2) is 11.5 Å². The van der Waals surface area contributed by atoms with E-state index in [2.05, 4.69) is 32.5 Å². The summed E-state index contributed by atoms with van der Waals surface area (Å²) >= 11 is 0. The number of amides is 1. The number of aromatic nitrogens is 3. The summed E-state index contributed by atoms with van der Waals surface area (Å²) in [4.78, 5) is 19.9. The third kappa shape index (κ3) is 4.16. The minimum Gasteiger partial charge on any atom is -0.496 e. The molecule has 1 amide bonds. The van der Waals surface area contributed by atoms with Gasteiger partial charge in [0.1, 0.15) is 5.75 Å². The fraction of sp³-hybridized carbons (Fsp3) is 0.480. The van der Waals surface area contributed by atoms with Crippen molar-refractivity contribution in [1.82, 2.24) is 20.1 Å². The van der Waals surface area contributed by atoms with Gasteiger partial charge in [-0.25, -0.2) is 4.98 Å². The van der Waals surface area contributed by atoms with Gasteiger partial charge in [-0.1, -0.05) is 31.0 Å². The van der Waals surface area contributed by atoms with E-state index in [-0.39, 0.29) is 11.8 Å². The topological polar surface area (TPSA) is 83.1 Å². The molecule has 168 valence electrons. The van der Waals surface area contributed by atoms with Crippen LogP contribution in [0.25, 0.3) is 11.0 Å². The van der Waals surface area contributed by atoms with Crippen molar-refractivity contribution < 1.29 is 9.53 Å². The molecule has 1 atom stereocenters. The second-order valence-corrected chi connectivity index (χ2v) is 8.97. The molecular formula is C25H31N5O2. The van der Waals surface area contributed by atoms with Crippen LogP contribution in [0, 0.1) is 5.92 Å². The molecule has 1 saturated heterocycles. The number of nitrogens with zero attached hydrogens (tertiary/aromatic N) is 3. The Morgan fingerprint density at radius 3 is 2.84 bits per heavy atom. The Labute approximate surface area is 188 Å². The maximum absolute atomic E-state index is 12.9. The molecule has 0 radical (unpaired) electrons. The lowest BCUT2D eigenvalue weighted by atomic mass is 9.93. The quantitative estimate of drug-likeness (QED) is 0.599. The summed E-state index contributed by atoms with van der Waals surface area (Å²) in [6, 6.07) is 12.1. The molecule has 1 unspecified atom stereocenters. The number of hydrogen-bond acceptors (Lipinski definition) is 5. The third-order valence-corrected chi connectivity index (χ3v) is 6.94. The summed E-state index contributed by atoms with van der Waals surface area (Å²) in [5, 5.41) is 11.9. The van der Waals surface area contributed by atoms with Crippen LogP contribution in [0.15, 0.2) is 36.4 Å². The van der Waals surface area contributed by atoms with Gasteiger partial charge in [-0.3, -0.25) is 9.89 Å². The molecule has 5 rings (SSSR count). The highest BCUT2D eigenvalue weighted by molar-refractivity contribution is 5.87. The minimum absolute atomic E-state index is 0.244. The first-order valence-corrected chi connectivity index (χ1v) is 11.7. The van der Waals surface area contributed by atoms with Crippen LogP contribution in [0.2, 0.25) is 0 Å². The first kappa shape index (κ1) is 20.8. The second kappa shape index (κ2) is 9.18. The van der Waals surface area contributed by atoms with E-state index >= 15 is 0 Å². The molecule has 7 nitrogen and oxygen atoms in total. The number of carbonyl (C=O) groups excluding carboxylic acids is 1. The molecule has 0 bridgehead atoms. The molecule has 2 fully saturated rings. The first-order chi connectivity index (χ1) is 15.7. The molecule has 1 aliphatic heterocycles. The zero-order valence-corrected chi connectivity index (χ0v) is 18.6. The number of ether oxygens (including phenoxy) is 1. The number of H-pyrrole nitrogens is 1. The van der Waals surface area contributed by atoms with Gasteiger partial charge in [0.05, 0.1) is 12.5 Å². The van der Waals surface area contributed by atoms with Crippen molar-refractivity contribution in [3.05, 3.63) is 47.7 Å². The molecule has 2 N–H and O–H groups in total. The second-order valence-electron chi connectivity index (χ2n) is 8.97. The predicted octanol–water partition coefficient (Wildman–Crippen LogP) is 4.47. The van der Waals surface area contributed by atoms with E-state index in [1.165, 1.54) is 12.8 Å². The largest absolute Gasteiger partial charge is 0.496 e. The number of piperidine rings is 1. The zero-order chi connectivity index (χ0) is 21.9. The summed E-state index contributed by atoms with van der Waals surface area (Å²) in [7, 11) is 1.68. The number of rotatable bonds is 6. The van der Waals surface area contributed by atoms with Crippen molar-refractivity contribution in [1.29, 1.82) is 0 Å². The van der Waals surface area contributed by atoms with Gasteiger partial charge >= 0.3 is 0 Å². The standard InChI is InChI=1S/C25H31N5O2/c1-32-22-11-5-4-9-18(22)15-26-23-20-12-13-21(27-24(20)29-28-23)19-10-6-14-30(16-19)25(31)17-7-2-3-8-17/h4-5,9,11-13,17,19H,2-3,6-8,10,14-16H2,1H3,(H2,26,27,28,29). The van der Waals surface area contributed by atoms with Crippen molar-refractivity contribution in [2.45, 2.75) is 51.0 Å². The van der Waals surface area contributed by atoms with E-state index in [0.717, 1.165) is 72.6 Å². The molecule has 2 aromatic heterocycles. The Bertz CT molecular complexity index is 1090. The lowest BCUT2D eigenvalue weighted by molar-refractivity contribution is -0.136. The van der Waals surface area contributed by atoms with E-state index in [4.69, 9.17) is 9.72 Å². The number of aromatic amines is 1. The number of pyridine rings is 1. The van der Waals surface area contributed by atoms with E-state index in [9.17, 15) is 4.79 Å². The van der Waals surface area contributed by atoms with Crippen LogP contribution in [0.5, 0.6) is 5.75 Å². The van der Waals surface area contributed by atoms with Gasteiger partial charge in [0.25, 0.3) is 0 Å². The average Bonchev–Trinajstić information content (AvgIpc) is 3.52. The van der Waals surface area contributed by atoms with Gasteiger partial charge in [-0.15, -0.1) is 0 Å². The lowest BCUT2D eigenvalue weighted by Crippen LogP contribution is -2.42. The van der Waals surface area contributed by atoms with Gasteiger partial charge in [-0.2, -0.15) is 5.10 Å². The minimum atomic E-state index is 0.244. The summed E-state index contributed by atoms with van der Waals surface area (Å²) < 4.78 is 5.43. The van der Waals surface area contributed by atoms with Gasteiger partial charge < -0.3 is 15.0 Å². The fourth-order valence-electron chi connectivity index (χ4n) is 5.16. The summed E-state index contributed by atoms with van der Waals surface area (Å²) in [6.45, 7) is 2.28. The van der Waals surface area contributed by atoms with Crippen molar-refractivity contribution in [3.63, 3.8) is 0 Å². The molecule has 32 heavy (non-hydrogen) atoms. The molecule has 3 heterocycles. The summed E-state index contributed by atoms with van der Waals surface area (Å²) in [5.74, 6) is 2.53. The van der Waals surface area contributed by atoms with Crippen LogP contribution in [-0.4, -0.2) is 46.2 Å². The normalized spacial score (nSPS) is 19.4. The number of benzene rings is 1. The van der Waals surface area contributed by atoms with Crippen molar-refractivity contribution in [2.24, 2.45) is 5.92 Å². The van der Waals surface area contributed by atoms with Crippen LogP contribution < -0.4 is 10.1 Å². The highest BCUT2D eigenvalue weighted by atomic mass is 16.5. The van der Waals surface area contributed by atoms with E-state index < -0.39 is 0 Å². The number of likely N-dealkylation sites (tertiary alicyclic amines) is 1. The van der Waals surface area contributed by atoms with Gasteiger partial charge in [0.2, 0.25) is 5.91 Å². The van der Waals surface area contributed by atoms with E-state index in [1.54, 1.807) is 7.11 Å². The Kier molecular flexibility index (Phi) is 5.97. The molecule has 7 heteroatoms. The van der Waals surface area contributed by atoms with Crippen molar-refractivity contribution in [3.8, 4) is 5.75 Å². The van der Waals surface area contributed by atoms with Crippen LogP contribution in [0.3, 0.4) is 0 Å². The van der Waals surface area contributed by atoms with Crippen LogP contribution in [-0.2, 0) is 11.3 Å². The maximum Gasteiger partial charge on any atom is 0.225 e. The van der Waals surface area contributed by atoms with Gasteiger partial charge in [0, 0.05) is 42.7 Å². The SMILES string of the molecule is COc1ccccc1CNc1n[nH]c2nc(C3CCCN(C(=O)C4CCCC4)C3)ccc12. The Morgan fingerprint density at radius 1 is 1.16 bits per heavy atom. The number of nitrogens with one attached hydrogen (secondary N) is 2. The average molecular weight is 434 g/mol. The van der Waals surface area contributed by atoms with E-state index in [1.807, 2.05) is 24.3 Å². The Morgan fingerprint density at radius 2 is 2.00 bits per heavy atom. The van der Waals surface area contributed by atoms with Crippen LogP contribution >= 0.6 is 0 Å². The Balaban J connectivity index is 1.28. The highest BCUT2D eigenvalue weighted by Crippen LogP contribution is 2.32. The zero-order valence-electron chi connectivity index (χ0n) is 18.6. The predicted molar refractivity (Wildman–Crippen MR) is 125 cm³/mol. The summed E-state index contributed by atoms with van der Waals surface area (Å²) in [5.41, 5.74) is 2.90. The molecule has 2 aliphatic rings. The monoisotopic (exact) mass is 433 g/mol. The van der Waals surface area contributed by atoms with Crippen molar-refractivity contribution >= 4 is 22.8 Å². The number of methoxy groups -OCH3 is 1. The highest BCUT2D eigenvalue weighted by Gasteiger charge is 2.31. The number of para-hydroxylation sites is 1. The summed E-state index contributed by atoms with van der Waals surface area (Å²) in [6.07, 6.45) is 6.61. The van der Waals surface area contributed by atoms with Crippen molar-refractivity contribution in [2.75, 3.05) is 25.5 Å². The number of hydrogen-bond donors (Lipinski definition) is 2. The molecule has 0 spiro atoms. The smallest absolute Gasteiger partial charge is 0.225 e. The third-order valence-electron chi connectivity index (χ3n) is 6.94. The fourth-order valence-corrected chi connectivity index (χ4v) is 5.16. The van der Waals surface area contributed by atoms with Crippen LogP contribution in [0.4, 0.5) is 5.82 Å². The molecular weight excluding hydrogens is 402 g/mol. The molecule has 1 aliphatic carbocycles. The van der Waals surface area contributed by atoms with Crippen LogP contribution in [0.1, 0.15) is 55.7 Å². The molecule has 1 aromatic carbocycles. The first-order valence-electron chi connectivity index (χ1n) is 11.7. The molecule has 1 saturated carbocycles. The lowest BCUT2D eigenvalue weighted by Gasteiger charge is -2.34. The maximum atomic E-state index is 12.9. The molecule has 3 aromatic rings. The number of carbonyl (C=O) groups is 1. The number of anilines is 1. The van der Waals surface area contributed by atoms with E-state index in [0.29, 0.717) is 12.5 Å². The Hall–Kier alpha value is -3.09. The van der Waals surface area contributed by atoms with Gasteiger partial charge in [-0.05, 0) is 43.9 Å². The number of fused-ring (bicyclic) bond motifs is 1.